The van der Waals surface area contributed by atoms with Gasteiger partial charge in [0.05, 0.1) is 5.25 Å². The van der Waals surface area contributed by atoms with E-state index in [0.29, 0.717) is 24.2 Å². The molecule has 1 saturated carbocycles. The molecule has 0 radical (unpaired) electrons. The van der Waals surface area contributed by atoms with E-state index in [4.69, 9.17) is 4.42 Å². The number of aromatic nitrogens is 5. The molecule has 2 heterocycles. The molecule has 0 spiro atoms. The number of rotatable bonds is 7. The summed E-state index contributed by atoms with van der Waals surface area (Å²) in [5.74, 6) is 2.72. The second kappa shape index (κ2) is 8.73. The van der Waals surface area contributed by atoms with Crippen LogP contribution in [0, 0.1) is 0 Å². The van der Waals surface area contributed by atoms with Crippen molar-refractivity contribution in [2.24, 2.45) is 0 Å². The van der Waals surface area contributed by atoms with Gasteiger partial charge in [-0.05, 0) is 31.9 Å². The Balaban J connectivity index is 1.53. The first-order chi connectivity index (χ1) is 13.8. The smallest absolute Gasteiger partial charge is 0.247 e. The van der Waals surface area contributed by atoms with E-state index in [9.17, 15) is 0 Å². The largest absolute Gasteiger partial charge is 0.419 e. The lowest BCUT2D eigenvalue weighted by Crippen LogP contribution is -2.12. The Bertz CT molecular complexity index is 914. The monoisotopic (exact) mass is 395 g/mol. The maximum atomic E-state index is 5.91. The molecular weight excluding hydrogens is 370 g/mol. The van der Waals surface area contributed by atoms with Gasteiger partial charge >= 0.3 is 0 Å². The molecule has 1 aromatic carbocycles. The lowest BCUT2D eigenvalue weighted by Gasteiger charge is -2.21. The van der Waals surface area contributed by atoms with Crippen LogP contribution in [-0.4, -0.2) is 25.0 Å². The van der Waals surface area contributed by atoms with Crippen molar-refractivity contribution in [1.29, 1.82) is 0 Å². The second-order valence-electron chi connectivity index (χ2n) is 7.15. The third-order valence-electron chi connectivity index (χ3n) is 5.12. The number of thioether (sulfide) groups is 1. The highest BCUT2D eigenvalue weighted by molar-refractivity contribution is 7.99. The summed E-state index contributed by atoms with van der Waals surface area (Å²) in [5, 5.41) is 18.3. The average molecular weight is 396 g/mol. The lowest BCUT2D eigenvalue weighted by molar-refractivity contribution is 0.415. The Morgan fingerprint density at radius 3 is 2.68 bits per heavy atom. The van der Waals surface area contributed by atoms with Gasteiger partial charge in [0.2, 0.25) is 11.8 Å². The van der Waals surface area contributed by atoms with Crippen molar-refractivity contribution in [3.63, 3.8) is 0 Å². The first-order valence-electron chi connectivity index (χ1n) is 9.85. The number of hydrogen-bond donors (Lipinski definition) is 0. The van der Waals surface area contributed by atoms with Gasteiger partial charge in [0.1, 0.15) is 5.82 Å². The minimum absolute atomic E-state index is 0.0167. The van der Waals surface area contributed by atoms with Gasteiger partial charge in [-0.25, -0.2) is 0 Å². The van der Waals surface area contributed by atoms with Crippen LogP contribution in [0.1, 0.15) is 61.9 Å². The van der Waals surface area contributed by atoms with Gasteiger partial charge in [-0.1, -0.05) is 55.3 Å². The van der Waals surface area contributed by atoms with Crippen molar-refractivity contribution >= 4 is 11.8 Å². The van der Waals surface area contributed by atoms with Crippen molar-refractivity contribution in [3.8, 4) is 11.5 Å². The van der Waals surface area contributed by atoms with E-state index in [1.54, 1.807) is 11.8 Å². The standard InChI is InChI=1S/C21H25N5OS/c1-3-14-26-18(16-10-6-4-7-11-16)22-25-21(26)28-15(2)19-23-24-20(27-19)17-12-8-5-9-13-17/h3,5,8-9,12-13,15-16H,1,4,6-7,10-11,14H2,2H3. The summed E-state index contributed by atoms with van der Waals surface area (Å²) < 4.78 is 8.10. The van der Waals surface area contributed by atoms with Gasteiger partial charge in [-0.3, -0.25) is 0 Å². The van der Waals surface area contributed by atoms with E-state index < -0.39 is 0 Å². The molecule has 146 valence electrons. The Morgan fingerprint density at radius 1 is 1.14 bits per heavy atom. The summed E-state index contributed by atoms with van der Waals surface area (Å²) in [4.78, 5) is 0. The number of nitrogens with zero attached hydrogens (tertiary/aromatic N) is 5. The fourth-order valence-electron chi connectivity index (χ4n) is 3.66. The molecule has 0 N–H and O–H groups in total. The molecule has 0 amide bonds. The molecule has 0 saturated heterocycles. The molecule has 7 heteroatoms. The van der Waals surface area contributed by atoms with E-state index in [0.717, 1.165) is 16.5 Å². The number of hydrogen-bond acceptors (Lipinski definition) is 6. The average Bonchev–Trinajstić information content (AvgIpc) is 3.38. The molecule has 28 heavy (non-hydrogen) atoms. The van der Waals surface area contributed by atoms with Crippen molar-refractivity contribution in [2.45, 2.75) is 61.9 Å². The molecule has 0 aliphatic heterocycles. The molecular formula is C21H25N5OS. The van der Waals surface area contributed by atoms with Crippen LogP contribution in [0.15, 0.2) is 52.6 Å². The lowest BCUT2D eigenvalue weighted by atomic mass is 9.89. The van der Waals surface area contributed by atoms with Gasteiger partial charge in [0.25, 0.3) is 0 Å². The molecule has 3 aromatic rings. The Morgan fingerprint density at radius 2 is 1.93 bits per heavy atom. The summed E-state index contributed by atoms with van der Waals surface area (Å²) in [6.45, 7) is 6.68. The highest BCUT2D eigenvalue weighted by Crippen LogP contribution is 2.37. The normalized spacial score (nSPS) is 16.2. The molecule has 1 aliphatic rings. The zero-order valence-electron chi connectivity index (χ0n) is 16.1. The van der Waals surface area contributed by atoms with Gasteiger partial charge in [0, 0.05) is 18.0 Å². The SMILES string of the molecule is C=CCn1c(SC(C)c2nnc(-c3ccccc3)o2)nnc1C1CCCCC1. The summed E-state index contributed by atoms with van der Waals surface area (Å²) in [7, 11) is 0. The molecule has 2 aromatic heterocycles. The van der Waals surface area contributed by atoms with Crippen molar-refractivity contribution in [2.75, 3.05) is 0 Å². The summed E-state index contributed by atoms with van der Waals surface area (Å²) in [6, 6.07) is 9.82. The number of allylic oxidation sites excluding steroid dienone is 1. The van der Waals surface area contributed by atoms with Gasteiger partial charge in [-0.2, -0.15) is 0 Å². The van der Waals surface area contributed by atoms with Gasteiger partial charge in [0.15, 0.2) is 5.16 Å². The van der Waals surface area contributed by atoms with E-state index in [1.165, 1.54) is 32.1 Å². The van der Waals surface area contributed by atoms with Crippen molar-refractivity contribution in [3.05, 3.63) is 54.7 Å². The van der Waals surface area contributed by atoms with E-state index in [1.807, 2.05) is 36.4 Å². The molecule has 4 rings (SSSR count). The highest BCUT2D eigenvalue weighted by atomic mass is 32.2. The molecule has 1 atom stereocenters. The Hall–Kier alpha value is -2.41. The molecule has 1 fully saturated rings. The van der Waals surface area contributed by atoms with Crippen LogP contribution < -0.4 is 0 Å². The summed E-state index contributed by atoms with van der Waals surface area (Å²) >= 11 is 1.60. The number of benzene rings is 1. The predicted molar refractivity (Wildman–Crippen MR) is 110 cm³/mol. The van der Waals surface area contributed by atoms with Crippen LogP contribution in [-0.2, 0) is 6.54 Å². The minimum Gasteiger partial charge on any atom is -0.419 e. The van der Waals surface area contributed by atoms with Crippen LogP contribution in [0.5, 0.6) is 0 Å². The quantitative estimate of drug-likeness (QED) is 0.393. The van der Waals surface area contributed by atoms with E-state index in [2.05, 4.69) is 38.5 Å². The van der Waals surface area contributed by atoms with Crippen molar-refractivity contribution in [1.82, 2.24) is 25.0 Å². The van der Waals surface area contributed by atoms with Crippen LogP contribution in [0.25, 0.3) is 11.5 Å². The zero-order chi connectivity index (χ0) is 19.3. The topological polar surface area (TPSA) is 69.6 Å². The Labute approximate surface area is 169 Å². The van der Waals surface area contributed by atoms with Crippen LogP contribution in [0.2, 0.25) is 0 Å². The molecule has 1 unspecified atom stereocenters. The third kappa shape index (κ3) is 4.04. The van der Waals surface area contributed by atoms with Crippen LogP contribution in [0.4, 0.5) is 0 Å². The fraction of sp³-hybridized carbons (Fsp3) is 0.429. The van der Waals surface area contributed by atoms with Crippen LogP contribution in [0.3, 0.4) is 0 Å². The van der Waals surface area contributed by atoms with E-state index >= 15 is 0 Å². The third-order valence-corrected chi connectivity index (χ3v) is 6.19. The first kappa shape index (κ1) is 18.9. The van der Waals surface area contributed by atoms with E-state index in [-0.39, 0.29) is 5.25 Å². The first-order valence-corrected chi connectivity index (χ1v) is 10.7. The fourth-order valence-corrected chi connectivity index (χ4v) is 4.55. The Kier molecular flexibility index (Phi) is 5.90. The molecule has 0 bridgehead atoms. The highest BCUT2D eigenvalue weighted by Gasteiger charge is 2.25. The van der Waals surface area contributed by atoms with Gasteiger partial charge in [-0.15, -0.1) is 27.0 Å². The summed E-state index contributed by atoms with van der Waals surface area (Å²) in [5.41, 5.74) is 0.924. The maximum Gasteiger partial charge on any atom is 0.247 e. The summed E-state index contributed by atoms with van der Waals surface area (Å²) in [6.07, 6.45) is 8.17. The second-order valence-corrected chi connectivity index (χ2v) is 8.45. The molecule has 1 aliphatic carbocycles. The zero-order valence-corrected chi connectivity index (χ0v) is 16.9. The van der Waals surface area contributed by atoms with Crippen LogP contribution >= 0.6 is 11.8 Å². The predicted octanol–water partition coefficient (Wildman–Crippen LogP) is 5.42. The van der Waals surface area contributed by atoms with Crippen molar-refractivity contribution < 1.29 is 4.42 Å². The minimum atomic E-state index is -0.0167. The maximum absolute atomic E-state index is 5.91. The van der Waals surface area contributed by atoms with Gasteiger partial charge < -0.3 is 8.98 Å². The molecule has 6 nitrogen and oxygen atoms in total.